The fraction of sp³-hybridized carbons (Fsp3) is 0.632. The summed E-state index contributed by atoms with van der Waals surface area (Å²) in [6.45, 7) is 5.31. The molecule has 0 bridgehead atoms. The summed E-state index contributed by atoms with van der Waals surface area (Å²) >= 11 is 3.12. The summed E-state index contributed by atoms with van der Waals surface area (Å²) in [5.74, 6) is 1.87. The van der Waals surface area contributed by atoms with Gasteiger partial charge in [0, 0.05) is 17.5 Å². The number of thiophene rings is 1. The van der Waals surface area contributed by atoms with Crippen molar-refractivity contribution in [3.63, 3.8) is 0 Å². The molecule has 2 aromatic rings. The second-order valence-electron chi connectivity index (χ2n) is 7.50. The van der Waals surface area contributed by atoms with Gasteiger partial charge in [0.1, 0.15) is 0 Å². The van der Waals surface area contributed by atoms with Crippen LogP contribution in [-0.2, 0) is 17.6 Å². The van der Waals surface area contributed by atoms with E-state index in [1.54, 1.807) is 11.3 Å². The molecule has 26 heavy (non-hydrogen) atoms. The highest BCUT2D eigenvalue weighted by molar-refractivity contribution is 7.99. The molecule has 7 heteroatoms. The molecule has 1 aliphatic heterocycles. The Labute approximate surface area is 162 Å². The van der Waals surface area contributed by atoms with Gasteiger partial charge in [-0.25, -0.2) is 0 Å². The Morgan fingerprint density at radius 1 is 1.35 bits per heavy atom. The average molecular weight is 392 g/mol. The number of aryl methyl sites for hydroxylation is 1. The van der Waals surface area contributed by atoms with Gasteiger partial charge < -0.3 is 9.32 Å². The van der Waals surface area contributed by atoms with Gasteiger partial charge in [0.2, 0.25) is 5.91 Å². The zero-order chi connectivity index (χ0) is 18.1. The smallest absolute Gasteiger partial charge is 0.277 e. The highest BCUT2D eigenvalue weighted by Crippen LogP contribution is 2.37. The van der Waals surface area contributed by atoms with Crippen LogP contribution >= 0.6 is 23.1 Å². The van der Waals surface area contributed by atoms with Crippen molar-refractivity contribution >= 4 is 29.0 Å². The minimum absolute atomic E-state index is 0.169. The van der Waals surface area contributed by atoms with Gasteiger partial charge in [-0.3, -0.25) is 4.79 Å². The molecular formula is C19H25N3O2S2. The first-order valence-corrected chi connectivity index (χ1v) is 11.3. The fourth-order valence-electron chi connectivity index (χ4n) is 3.85. The molecule has 2 aliphatic rings. The van der Waals surface area contributed by atoms with Gasteiger partial charge >= 0.3 is 0 Å². The van der Waals surface area contributed by atoms with Crippen LogP contribution in [0.1, 0.15) is 50.0 Å². The van der Waals surface area contributed by atoms with Gasteiger partial charge in [-0.05, 0) is 63.0 Å². The van der Waals surface area contributed by atoms with Crippen LogP contribution in [0.5, 0.6) is 0 Å². The molecule has 0 radical (unpaired) electrons. The number of hydrogen-bond acceptors (Lipinski definition) is 6. The van der Waals surface area contributed by atoms with Crippen molar-refractivity contribution in [3.05, 3.63) is 16.5 Å². The van der Waals surface area contributed by atoms with E-state index in [0.717, 1.165) is 43.0 Å². The molecule has 1 fully saturated rings. The first kappa shape index (κ1) is 18.0. The van der Waals surface area contributed by atoms with E-state index in [2.05, 4.69) is 30.1 Å². The zero-order valence-electron chi connectivity index (χ0n) is 15.4. The number of thioether (sulfide) groups is 1. The maximum atomic E-state index is 12.4. The molecule has 0 aromatic carbocycles. The summed E-state index contributed by atoms with van der Waals surface area (Å²) in [4.78, 5) is 16.9. The molecule has 0 N–H and O–H groups in total. The molecule has 4 rings (SSSR count). The minimum atomic E-state index is 0.169. The number of aromatic nitrogens is 2. The van der Waals surface area contributed by atoms with E-state index in [0.29, 0.717) is 22.9 Å². The van der Waals surface area contributed by atoms with E-state index in [1.807, 2.05) is 4.90 Å². The molecular weight excluding hydrogens is 366 g/mol. The third-order valence-corrected chi connectivity index (χ3v) is 7.42. The third-order valence-electron chi connectivity index (χ3n) is 5.39. The van der Waals surface area contributed by atoms with Crippen LogP contribution in [0.3, 0.4) is 0 Å². The van der Waals surface area contributed by atoms with Crippen molar-refractivity contribution in [2.75, 3.05) is 12.3 Å². The van der Waals surface area contributed by atoms with E-state index < -0.39 is 0 Å². The van der Waals surface area contributed by atoms with Gasteiger partial charge in [0.25, 0.3) is 11.1 Å². The van der Waals surface area contributed by atoms with Gasteiger partial charge in [-0.2, -0.15) is 0 Å². The number of fused-ring (bicyclic) bond motifs is 1. The van der Waals surface area contributed by atoms with E-state index >= 15 is 0 Å². The second-order valence-corrected chi connectivity index (χ2v) is 9.56. The Bertz CT molecular complexity index is 786. The van der Waals surface area contributed by atoms with Crippen LogP contribution in [0.2, 0.25) is 0 Å². The van der Waals surface area contributed by atoms with Crippen LogP contribution in [0.15, 0.2) is 15.7 Å². The predicted octanol–water partition coefficient (Wildman–Crippen LogP) is 4.42. The molecule has 1 saturated heterocycles. The van der Waals surface area contributed by atoms with Crippen molar-refractivity contribution in [1.82, 2.24) is 15.1 Å². The zero-order valence-corrected chi connectivity index (χ0v) is 17.0. The summed E-state index contributed by atoms with van der Waals surface area (Å²) in [5.41, 5.74) is 1.44. The summed E-state index contributed by atoms with van der Waals surface area (Å²) in [5, 5.41) is 8.82. The highest BCUT2D eigenvalue weighted by atomic mass is 32.2. The van der Waals surface area contributed by atoms with Gasteiger partial charge in [0.15, 0.2) is 0 Å². The van der Waals surface area contributed by atoms with Crippen molar-refractivity contribution in [1.29, 1.82) is 0 Å². The Hall–Kier alpha value is -1.34. The second kappa shape index (κ2) is 7.72. The van der Waals surface area contributed by atoms with Crippen molar-refractivity contribution in [3.8, 4) is 10.8 Å². The number of hydrogen-bond donors (Lipinski definition) is 0. The number of piperidine rings is 1. The normalized spacial score (nSPS) is 23.1. The van der Waals surface area contributed by atoms with Crippen LogP contribution in [0, 0.1) is 5.92 Å². The number of likely N-dealkylation sites (tertiary alicyclic amines) is 1. The molecule has 3 heterocycles. The number of amides is 1. The Kier molecular flexibility index (Phi) is 5.36. The largest absolute Gasteiger partial charge is 0.410 e. The lowest BCUT2D eigenvalue weighted by atomic mass is 9.90. The number of nitrogens with zero attached hydrogens (tertiary/aromatic N) is 3. The molecule has 0 unspecified atom stereocenters. The first-order chi connectivity index (χ1) is 12.6. The molecule has 1 amide bonds. The van der Waals surface area contributed by atoms with E-state index in [-0.39, 0.29) is 5.91 Å². The number of carbonyl (C=O) groups is 1. The lowest BCUT2D eigenvalue weighted by molar-refractivity contribution is -0.131. The van der Waals surface area contributed by atoms with Crippen LogP contribution in [0.25, 0.3) is 10.8 Å². The van der Waals surface area contributed by atoms with Gasteiger partial charge in [0.05, 0.1) is 10.6 Å². The predicted molar refractivity (Wildman–Crippen MR) is 105 cm³/mol. The Morgan fingerprint density at radius 2 is 2.23 bits per heavy atom. The summed E-state index contributed by atoms with van der Waals surface area (Å²) < 4.78 is 5.82. The molecule has 2 atom stereocenters. The maximum absolute atomic E-state index is 12.4. The van der Waals surface area contributed by atoms with Gasteiger partial charge in [-0.1, -0.05) is 18.7 Å². The topological polar surface area (TPSA) is 59.2 Å². The lowest BCUT2D eigenvalue weighted by Gasteiger charge is -2.33. The van der Waals surface area contributed by atoms with E-state index in [4.69, 9.17) is 4.42 Å². The highest BCUT2D eigenvalue weighted by Gasteiger charge is 2.24. The lowest BCUT2D eigenvalue weighted by Crippen LogP contribution is -2.42. The van der Waals surface area contributed by atoms with Crippen molar-refractivity contribution in [2.24, 2.45) is 5.92 Å². The standard InChI is InChI=1S/C19H25N3O2S2/c1-12-6-7-15-14(9-12)10-16(26-15)18-20-21-19(24-18)25-11-17(23)22-8-4-3-5-13(22)2/h10,12-13H,3-9,11H2,1-2H3/t12-,13-/m0/s1. The molecule has 0 saturated carbocycles. The maximum Gasteiger partial charge on any atom is 0.277 e. The molecule has 2 aromatic heterocycles. The number of carbonyl (C=O) groups excluding carboxylic acids is 1. The average Bonchev–Trinajstić information content (AvgIpc) is 3.26. The first-order valence-electron chi connectivity index (χ1n) is 9.48. The summed E-state index contributed by atoms with van der Waals surface area (Å²) in [6, 6.07) is 2.55. The number of rotatable bonds is 4. The quantitative estimate of drug-likeness (QED) is 0.722. The summed E-state index contributed by atoms with van der Waals surface area (Å²) in [7, 11) is 0. The van der Waals surface area contributed by atoms with Crippen LogP contribution in [-0.4, -0.2) is 39.3 Å². The monoisotopic (exact) mass is 391 g/mol. The minimum Gasteiger partial charge on any atom is -0.410 e. The molecule has 0 spiro atoms. The summed E-state index contributed by atoms with van der Waals surface area (Å²) in [6.07, 6.45) is 6.98. The Balaban J connectivity index is 1.38. The van der Waals surface area contributed by atoms with Gasteiger partial charge in [-0.15, -0.1) is 21.5 Å². The van der Waals surface area contributed by atoms with Crippen LogP contribution in [0.4, 0.5) is 0 Å². The molecule has 140 valence electrons. The van der Waals surface area contributed by atoms with Crippen molar-refractivity contribution in [2.45, 2.75) is 63.6 Å². The Morgan fingerprint density at radius 3 is 3.08 bits per heavy atom. The SMILES string of the molecule is C[C@H]1CCc2sc(-c3nnc(SCC(=O)N4CCCC[C@@H]4C)o3)cc2C1. The van der Waals surface area contributed by atoms with Crippen LogP contribution < -0.4 is 0 Å². The van der Waals surface area contributed by atoms with Crippen molar-refractivity contribution < 1.29 is 9.21 Å². The fourth-order valence-corrected chi connectivity index (χ4v) is 5.63. The van der Waals surface area contributed by atoms with E-state index in [1.165, 1.54) is 35.0 Å². The molecule has 5 nitrogen and oxygen atoms in total. The molecule has 1 aliphatic carbocycles. The van der Waals surface area contributed by atoms with E-state index in [9.17, 15) is 4.79 Å². The third kappa shape index (κ3) is 3.83.